The third-order valence-electron chi connectivity index (χ3n) is 5.32. The summed E-state index contributed by atoms with van der Waals surface area (Å²) in [6.07, 6.45) is 2.22. The fraction of sp³-hybridized carbons (Fsp3) is 0.789. The molecule has 24 heavy (non-hydrogen) atoms. The van der Waals surface area contributed by atoms with E-state index in [0.29, 0.717) is 12.3 Å². The zero-order valence-corrected chi connectivity index (χ0v) is 16.2. The van der Waals surface area contributed by atoms with Crippen LogP contribution >= 0.6 is 0 Å². The molecule has 1 aliphatic heterocycles. The van der Waals surface area contributed by atoms with Crippen molar-refractivity contribution >= 4 is 5.91 Å². The summed E-state index contributed by atoms with van der Waals surface area (Å²) in [5, 5.41) is 4.65. The van der Waals surface area contributed by atoms with Crippen molar-refractivity contribution in [1.29, 1.82) is 0 Å². The number of nitrogens with zero attached hydrogens (tertiary/aromatic N) is 3. The van der Waals surface area contributed by atoms with Gasteiger partial charge in [0.25, 0.3) is 0 Å². The molecule has 2 N–H and O–H groups in total. The van der Waals surface area contributed by atoms with Gasteiger partial charge < -0.3 is 10.6 Å². The van der Waals surface area contributed by atoms with Gasteiger partial charge in [0.1, 0.15) is 0 Å². The molecule has 5 heteroatoms. The summed E-state index contributed by atoms with van der Waals surface area (Å²) in [5.41, 5.74) is 9.67. The Balaban J connectivity index is 1.98. The normalized spacial score (nSPS) is 20.7. The van der Waals surface area contributed by atoms with Crippen molar-refractivity contribution in [2.45, 2.75) is 73.4 Å². The van der Waals surface area contributed by atoms with Crippen molar-refractivity contribution in [2.75, 3.05) is 13.1 Å². The predicted octanol–water partition coefficient (Wildman–Crippen LogP) is 2.67. The second-order valence-electron chi connectivity index (χ2n) is 8.42. The molecule has 1 aromatic heterocycles. The molecule has 1 fully saturated rings. The first-order chi connectivity index (χ1) is 11.1. The minimum Gasteiger partial charge on any atom is -0.342 e. The summed E-state index contributed by atoms with van der Waals surface area (Å²) in [5.74, 6) is 0.808. The molecule has 0 saturated carbocycles. The lowest BCUT2D eigenvalue weighted by molar-refractivity contribution is -0.134. The molecule has 5 nitrogen and oxygen atoms in total. The molecule has 2 heterocycles. The first-order valence-corrected chi connectivity index (χ1v) is 9.18. The number of amides is 1. The van der Waals surface area contributed by atoms with Gasteiger partial charge >= 0.3 is 0 Å². The van der Waals surface area contributed by atoms with E-state index in [-0.39, 0.29) is 17.4 Å². The number of carbonyl (C=O) groups excluding carboxylic acids is 1. The van der Waals surface area contributed by atoms with E-state index in [9.17, 15) is 4.79 Å². The summed E-state index contributed by atoms with van der Waals surface area (Å²) in [7, 11) is 0. The maximum atomic E-state index is 12.6. The van der Waals surface area contributed by atoms with Crippen LogP contribution in [0.5, 0.6) is 0 Å². The van der Waals surface area contributed by atoms with Crippen molar-refractivity contribution < 1.29 is 4.79 Å². The second kappa shape index (κ2) is 7.26. The Hall–Kier alpha value is -1.36. The van der Waals surface area contributed by atoms with Gasteiger partial charge in [-0.15, -0.1) is 0 Å². The van der Waals surface area contributed by atoms with Gasteiger partial charge in [0.05, 0.1) is 5.69 Å². The molecule has 1 amide bonds. The van der Waals surface area contributed by atoms with E-state index in [1.165, 1.54) is 11.3 Å². The Kier molecular flexibility index (Phi) is 5.74. The smallest absolute Gasteiger partial charge is 0.222 e. The highest BCUT2D eigenvalue weighted by molar-refractivity contribution is 5.76. The van der Waals surface area contributed by atoms with E-state index >= 15 is 0 Å². The molecule has 0 radical (unpaired) electrons. The SMILES string of the molecule is Cc1nn(CC(C)C)c(C)c1CCC(=O)N1CCC(N)C(C)(C)C1. The number of hydrogen-bond acceptors (Lipinski definition) is 3. The van der Waals surface area contributed by atoms with Crippen LogP contribution < -0.4 is 5.73 Å². The van der Waals surface area contributed by atoms with E-state index in [2.05, 4.69) is 44.4 Å². The Labute approximate surface area is 146 Å². The van der Waals surface area contributed by atoms with E-state index in [1.54, 1.807) is 0 Å². The highest BCUT2D eigenvalue weighted by atomic mass is 16.2. The maximum Gasteiger partial charge on any atom is 0.222 e. The molecule has 1 saturated heterocycles. The molecule has 0 aromatic carbocycles. The van der Waals surface area contributed by atoms with Gasteiger partial charge in [0.2, 0.25) is 5.91 Å². The molecule has 1 atom stereocenters. The Bertz CT molecular complexity index is 588. The number of aryl methyl sites for hydroxylation is 1. The van der Waals surface area contributed by atoms with Gasteiger partial charge in [-0.25, -0.2) is 0 Å². The van der Waals surface area contributed by atoms with Gasteiger partial charge in [-0.05, 0) is 43.6 Å². The van der Waals surface area contributed by atoms with Crippen LogP contribution in [0, 0.1) is 25.2 Å². The third kappa shape index (κ3) is 4.18. The first kappa shape index (κ1) is 19.0. The molecule has 0 spiro atoms. The lowest BCUT2D eigenvalue weighted by atomic mass is 9.79. The second-order valence-corrected chi connectivity index (χ2v) is 8.42. The van der Waals surface area contributed by atoms with Crippen molar-refractivity contribution in [3.63, 3.8) is 0 Å². The monoisotopic (exact) mass is 334 g/mol. The van der Waals surface area contributed by atoms with Gasteiger partial charge in [0.15, 0.2) is 0 Å². The van der Waals surface area contributed by atoms with E-state index < -0.39 is 0 Å². The quantitative estimate of drug-likeness (QED) is 0.900. The fourth-order valence-corrected chi connectivity index (χ4v) is 3.60. The first-order valence-electron chi connectivity index (χ1n) is 9.18. The average Bonchev–Trinajstić information content (AvgIpc) is 2.73. The van der Waals surface area contributed by atoms with Crippen molar-refractivity contribution in [3.8, 4) is 0 Å². The number of carbonyl (C=O) groups is 1. The Morgan fingerprint density at radius 3 is 2.62 bits per heavy atom. The third-order valence-corrected chi connectivity index (χ3v) is 5.32. The van der Waals surface area contributed by atoms with Crippen LogP contribution in [-0.2, 0) is 17.8 Å². The molecule has 1 aromatic rings. The number of hydrogen-bond donors (Lipinski definition) is 1. The summed E-state index contributed by atoms with van der Waals surface area (Å²) < 4.78 is 2.09. The molecule has 1 aliphatic rings. The van der Waals surface area contributed by atoms with Crippen LogP contribution in [0.1, 0.15) is 57.5 Å². The Morgan fingerprint density at radius 2 is 2.04 bits per heavy atom. The van der Waals surface area contributed by atoms with Crippen LogP contribution in [0.4, 0.5) is 0 Å². The number of rotatable bonds is 5. The minimum absolute atomic E-state index is 0.00188. The summed E-state index contributed by atoms with van der Waals surface area (Å²) >= 11 is 0. The lowest BCUT2D eigenvalue weighted by Gasteiger charge is -2.42. The van der Waals surface area contributed by atoms with Crippen molar-refractivity contribution in [1.82, 2.24) is 14.7 Å². The van der Waals surface area contributed by atoms with Crippen LogP contribution in [0.25, 0.3) is 0 Å². The van der Waals surface area contributed by atoms with E-state index in [1.807, 2.05) is 11.8 Å². The minimum atomic E-state index is 0.00188. The number of aromatic nitrogens is 2. The number of nitrogens with two attached hydrogens (primary N) is 1. The van der Waals surface area contributed by atoms with Gasteiger partial charge in [-0.1, -0.05) is 27.7 Å². The average molecular weight is 335 g/mol. The molecule has 136 valence electrons. The predicted molar refractivity (Wildman–Crippen MR) is 97.8 cm³/mol. The molecule has 1 unspecified atom stereocenters. The van der Waals surface area contributed by atoms with E-state index in [4.69, 9.17) is 5.73 Å². The fourth-order valence-electron chi connectivity index (χ4n) is 3.60. The van der Waals surface area contributed by atoms with Crippen LogP contribution in [-0.4, -0.2) is 39.7 Å². The highest BCUT2D eigenvalue weighted by Crippen LogP contribution is 2.28. The van der Waals surface area contributed by atoms with Crippen LogP contribution in [0.2, 0.25) is 0 Å². The lowest BCUT2D eigenvalue weighted by Crippen LogP contribution is -2.54. The summed E-state index contributed by atoms with van der Waals surface area (Å²) in [4.78, 5) is 14.6. The zero-order chi connectivity index (χ0) is 18.1. The van der Waals surface area contributed by atoms with Gasteiger partial charge in [-0.2, -0.15) is 5.10 Å². The molecule has 2 rings (SSSR count). The van der Waals surface area contributed by atoms with Crippen LogP contribution in [0.3, 0.4) is 0 Å². The topological polar surface area (TPSA) is 64.2 Å². The summed E-state index contributed by atoms with van der Waals surface area (Å²) in [6, 6.07) is 0.181. The molecule has 0 aliphatic carbocycles. The standard InChI is InChI=1S/C19H34N4O/c1-13(2)11-23-15(4)16(14(3)21-23)7-8-18(24)22-10-9-17(20)19(5,6)12-22/h13,17H,7-12,20H2,1-6H3. The highest BCUT2D eigenvalue weighted by Gasteiger charge is 2.35. The molecular formula is C19H34N4O. The number of piperidine rings is 1. The molecule has 0 bridgehead atoms. The van der Waals surface area contributed by atoms with E-state index in [0.717, 1.165) is 38.2 Å². The van der Waals surface area contributed by atoms with Crippen molar-refractivity contribution in [2.24, 2.45) is 17.1 Å². The maximum absolute atomic E-state index is 12.6. The Morgan fingerprint density at radius 1 is 1.38 bits per heavy atom. The largest absolute Gasteiger partial charge is 0.342 e. The number of likely N-dealkylation sites (tertiary alicyclic amines) is 1. The zero-order valence-electron chi connectivity index (χ0n) is 16.2. The van der Waals surface area contributed by atoms with Crippen LogP contribution in [0.15, 0.2) is 0 Å². The summed E-state index contributed by atoms with van der Waals surface area (Å²) in [6.45, 7) is 15.3. The van der Waals surface area contributed by atoms with Gasteiger partial charge in [-0.3, -0.25) is 9.48 Å². The van der Waals surface area contributed by atoms with Crippen molar-refractivity contribution in [3.05, 3.63) is 17.0 Å². The molecular weight excluding hydrogens is 300 g/mol. The van der Waals surface area contributed by atoms with Gasteiger partial charge in [0, 0.05) is 37.8 Å².